The van der Waals surface area contributed by atoms with Crippen LogP contribution >= 0.6 is 34.8 Å². The molecule has 16 heavy (non-hydrogen) atoms. The number of alkyl halides is 2. The highest BCUT2D eigenvalue weighted by Gasteiger charge is 2.32. The van der Waals surface area contributed by atoms with E-state index in [1.165, 1.54) is 5.69 Å². The molecule has 1 saturated heterocycles. The number of rotatable bonds is 3. The van der Waals surface area contributed by atoms with E-state index < -0.39 is 0 Å². The fourth-order valence-electron chi connectivity index (χ4n) is 2.30. The van der Waals surface area contributed by atoms with Gasteiger partial charge in [0, 0.05) is 34.6 Å². The molecule has 0 spiro atoms. The molecule has 0 unspecified atom stereocenters. The highest BCUT2D eigenvalue weighted by molar-refractivity contribution is 6.30. The van der Waals surface area contributed by atoms with Crippen LogP contribution in [-0.4, -0.2) is 23.8 Å². The lowest BCUT2D eigenvalue weighted by Crippen LogP contribution is -2.38. The lowest BCUT2D eigenvalue weighted by Gasteiger charge is -2.30. The second kappa shape index (κ2) is 5.48. The number of nitrogens with zero attached hydrogens (tertiary/aromatic N) is 1. The molecule has 2 atom stereocenters. The number of benzene rings is 1. The summed E-state index contributed by atoms with van der Waals surface area (Å²) < 4.78 is 0. The smallest absolute Gasteiger partial charge is 0.0429 e. The van der Waals surface area contributed by atoms with Crippen LogP contribution in [0.15, 0.2) is 24.3 Å². The zero-order chi connectivity index (χ0) is 11.5. The van der Waals surface area contributed by atoms with E-state index in [1.54, 1.807) is 0 Å². The van der Waals surface area contributed by atoms with Crippen molar-refractivity contribution in [1.82, 2.24) is 0 Å². The molecule has 0 aliphatic carbocycles. The first kappa shape index (κ1) is 12.3. The summed E-state index contributed by atoms with van der Waals surface area (Å²) in [5.41, 5.74) is 1.17. The minimum Gasteiger partial charge on any atom is -0.363 e. The van der Waals surface area contributed by atoms with Crippen LogP contribution in [0.25, 0.3) is 0 Å². The summed E-state index contributed by atoms with van der Waals surface area (Å²) in [5, 5.41) is 0.757. The molecular weight excluding hydrogens is 264 g/mol. The number of halogens is 3. The third kappa shape index (κ3) is 2.42. The van der Waals surface area contributed by atoms with Gasteiger partial charge in [0.05, 0.1) is 0 Å². The quantitative estimate of drug-likeness (QED) is 0.751. The van der Waals surface area contributed by atoms with E-state index in [9.17, 15) is 0 Å². The van der Waals surface area contributed by atoms with Gasteiger partial charge in [-0.3, -0.25) is 0 Å². The van der Waals surface area contributed by atoms with E-state index in [2.05, 4.69) is 4.90 Å². The summed E-state index contributed by atoms with van der Waals surface area (Å²) in [6, 6.07) is 8.68. The Morgan fingerprint density at radius 2 is 1.50 bits per heavy atom. The van der Waals surface area contributed by atoms with E-state index in [1.807, 2.05) is 24.3 Å². The van der Waals surface area contributed by atoms with Crippen LogP contribution in [0, 0.1) is 0 Å². The molecule has 0 amide bonds. The average Bonchev–Trinajstić information content (AvgIpc) is 2.73. The van der Waals surface area contributed by atoms with E-state index in [4.69, 9.17) is 34.8 Å². The minimum atomic E-state index is 0.395. The molecule has 2 rings (SSSR count). The first-order valence-corrected chi connectivity index (χ1v) is 6.86. The third-order valence-corrected chi connectivity index (χ3v) is 4.07. The van der Waals surface area contributed by atoms with Gasteiger partial charge in [0.15, 0.2) is 0 Å². The maximum absolute atomic E-state index is 6.00. The molecule has 0 bridgehead atoms. The standard InChI is InChI=1S/C12H14Cl3N/c13-7-11-5-6-12(8-14)16(11)10-3-1-9(15)2-4-10/h1-4,11-12H,5-8H2/t11-,12-/m1/s1. The molecule has 1 aliphatic rings. The van der Waals surface area contributed by atoms with E-state index in [0.717, 1.165) is 17.9 Å². The van der Waals surface area contributed by atoms with Crippen LogP contribution in [0.3, 0.4) is 0 Å². The molecule has 4 heteroatoms. The monoisotopic (exact) mass is 277 g/mol. The fourth-order valence-corrected chi connectivity index (χ4v) is 3.03. The molecule has 1 heterocycles. The van der Waals surface area contributed by atoms with Gasteiger partial charge in [0.2, 0.25) is 0 Å². The topological polar surface area (TPSA) is 3.24 Å². The van der Waals surface area contributed by atoms with Crippen molar-refractivity contribution in [2.45, 2.75) is 24.9 Å². The first-order valence-electron chi connectivity index (χ1n) is 5.42. The number of hydrogen-bond acceptors (Lipinski definition) is 1. The van der Waals surface area contributed by atoms with E-state index in [-0.39, 0.29) is 0 Å². The molecule has 1 fully saturated rings. The Morgan fingerprint density at radius 1 is 1.00 bits per heavy atom. The zero-order valence-electron chi connectivity index (χ0n) is 8.87. The largest absolute Gasteiger partial charge is 0.363 e. The Kier molecular flexibility index (Phi) is 4.23. The Labute approximate surface area is 111 Å². The van der Waals surface area contributed by atoms with Crippen LogP contribution in [-0.2, 0) is 0 Å². The Morgan fingerprint density at radius 3 is 1.94 bits per heavy atom. The van der Waals surface area contributed by atoms with Crippen molar-refractivity contribution in [3.63, 3.8) is 0 Å². The predicted molar refractivity (Wildman–Crippen MR) is 72.2 cm³/mol. The van der Waals surface area contributed by atoms with Crippen molar-refractivity contribution in [3.05, 3.63) is 29.3 Å². The van der Waals surface area contributed by atoms with Gasteiger partial charge in [-0.15, -0.1) is 23.2 Å². The van der Waals surface area contributed by atoms with Crippen LogP contribution in [0.4, 0.5) is 5.69 Å². The summed E-state index contributed by atoms with van der Waals surface area (Å²) in [6.45, 7) is 0. The maximum Gasteiger partial charge on any atom is 0.0429 e. The summed E-state index contributed by atoms with van der Waals surface area (Å²) in [5.74, 6) is 1.30. The molecule has 1 aliphatic heterocycles. The Balaban J connectivity index is 2.24. The number of hydrogen-bond donors (Lipinski definition) is 0. The van der Waals surface area contributed by atoms with Gasteiger partial charge >= 0.3 is 0 Å². The van der Waals surface area contributed by atoms with Crippen molar-refractivity contribution in [2.24, 2.45) is 0 Å². The van der Waals surface area contributed by atoms with Gasteiger partial charge < -0.3 is 4.90 Å². The van der Waals surface area contributed by atoms with Gasteiger partial charge in [-0.05, 0) is 37.1 Å². The minimum absolute atomic E-state index is 0.395. The second-order valence-corrected chi connectivity index (χ2v) is 5.13. The molecular formula is C12H14Cl3N. The second-order valence-electron chi connectivity index (χ2n) is 4.08. The zero-order valence-corrected chi connectivity index (χ0v) is 11.1. The normalized spacial score (nSPS) is 25.1. The summed E-state index contributed by atoms with van der Waals surface area (Å²) in [7, 11) is 0. The van der Waals surface area contributed by atoms with Crippen molar-refractivity contribution in [3.8, 4) is 0 Å². The molecule has 1 nitrogen and oxygen atoms in total. The van der Waals surface area contributed by atoms with Gasteiger partial charge in [0.1, 0.15) is 0 Å². The lowest BCUT2D eigenvalue weighted by atomic mass is 10.2. The van der Waals surface area contributed by atoms with Crippen molar-refractivity contribution in [1.29, 1.82) is 0 Å². The molecule has 88 valence electrons. The van der Waals surface area contributed by atoms with Crippen molar-refractivity contribution < 1.29 is 0 Å². The molecule has 1 aromatic rings. The fraction of sp³-hybridized carbons (Fsp3) is 0.500. The number of anilines is 1. The van der Waals surface area contributed by atoms with Crippen LogP contribution < -0.4 is 4.90 Å². The lowest BCUT2D eigenvalue weighted by molar-refractivity contribution is 0.702. The Bertz CT molecular complexity index is 327. The molecule has 1 aromatic carbocycles. The first-order chi connectivity index (χ1) is 7.76. The predicted octanol–water partition coefficient (Wildman–Crippen LogP) is 4.16. The molecule has 0 radical (unpaired) electrons. The van der Waals surface area contributed by atoms with Gasteiger partial charge in [0.25, 0.3) is 0 Å². The summed E-state index contributed by atoms with van der Waals surface area (Å²) in [4.78, 5) is 2.33. The third-order valence-electron chi connectivity index (χ3n) is 3.10. The maximum atomic E-state index is 6.00. The van der Waals surface area contributed by atoms with Gasteiger partial charge in [-0.25, -0.2) is 0 Å². The SMILES string of the molecule is ClC[C@H]1CC[C@H](CCl)N1c1ccc(Cl)cc1. The molecule has 0 N–H and O–H groups in total. The Hall–Kier alpha value is -0.110. The van der Waals surface area contributed by atoms with Crippen LogP contribution in [0.5, 0.6) is 0 Å². The highest BCUT2D eigenvalue weighted by Crippen LogP contribution is 2.32. The van der Waals surface area contributed by atoms with Gasteiger partial charge in [-0.1, -0.05) is 11.6 Å². The average molecular weight is 279 g/mol. The van der Waals surface area contributed by atoms with E-state index in [0.29, 0.717) is 23.8 Å². The van der Waals surface area contributed by atoms with E-state index >= 15 is 0 Å². The van der Waals surface area contributed by atoms with Gasteiger partial charge in [-0.2, -0.15) is 0 Å². The molecule has 0 aromatic heterocycles. The summed E-state index contributed by atoms with van der Waals surface area (Å²) in [6.07, 6.45) is 2.23. The highest BCUT2D eigenvalue weighted by atomic mass is 35.5. The van der Waals surface area contributed by atoms with Crippen molar-refractivity contribution in [2.75, 3.05) is 16.7 Å². The van der Waals surface area contributed by atoms with Crippen molar-refractivity contribution >= 4 is 40.5 Å². The van der Waals surface area contributed by atoms with Crippen LogP contribution in [0.2, 0.25) is 5.02 Å². The molecule has 0 saturated carbocycles. The van der Waals surface area contributed by atoms with Crippen LogP contribution in [0.1, 0.15) is 12.8 Å². The summed E-state index contributed by atoms with van der Waals surface area (Å²) >= 11 is 17.9.